The van der Waals surface area contributed by atoms with Crippen molar-refractivity contribution in [3.05, 3.63) is 65.4 Å². The molecule has 218 valence electrons. The van der Waals surface area contributed by atoms with Gasteiger partial charge in [-0.15, -0.1) is 11.8 Å². The number of likely N-dealkylation sites (tertiary alicyclic amines) is 1. The summed E-state index contributed by atoms with van der Waals surface area (Å²) in [5.41, 5.74) is 3.25. The lowest BCUT2D eigenvalue weighted by Crippen LogP contribution is -2.46. The van der Waals surface area contributed by atoms with Gasteiger partial charge in [-0.1, -0.05) is 45.9 Å². The fourth-order valence-electron chi connectivity index (χ4n) is 5.60. The Balaban J connectivity index is 1.72. The molecule has 0 radical (unpaired) electrons. The van der Waals surface area contributed by atoms with Gasteiger partial charge in [-0.25, -0.2) is 4.68 Å². The van der Waals surface area contributed by atoms with Crippen molar-refractivity contribution in [1.29, 1.82) is 0 Å². The first-order valence-corrected chi connectivity index (χ1v) is 15.3. The Hall–Kier alpha value is -3.46. The van der Waals surface area contributed by atoms with Gasteiger partial charge in [0.2, 0.25) is 11.8 Å². The summed E-state index contributed by atoms with van der Waals surface area (Å²) in [6.45, 7) is 10.0. The molecule has 41 heavy (non-hydrogen) atoms. The predicted molar refractivity (Wildman–Crippen MR) is 163 cm³/mol. The highest BCUT2D eigenvalue weighted by Crippen LogP contribution is 2.50. The highest BCUT2D eigenvalue weighted by molar-refractivity contribution is 8.00. The van der Waals surface area contributed by atoms with Gasteiger partial charge in [-0.3, -0.25) is 14.5 Å². The standard InChI is InChI=1S/C32H40N4O4S/c1-21-15-17-34(18-16-21)26(37)19-35-27(38)20-41-29(24-9-7-8-10-25(24)40-6)28-30(32(2,3)4)33-36(31(28)35)22-11-13-23(39-5)14-12-22/h7-14,21,29H,15-20H2,1-6H3. The van der Waals surface area contributed by atoms with E-state index >= 15 is 0 Å². The van der Waals surface area contributed by atoms with Gasteiger partial charge >= 0.3 is 0 Å². The molecule has 0 spiro atoms. The van der Waals surface area contributed by atoms with Crippen molar-refractivity contribution in [2.24, 2.45) is 5.92 Å². The molecule has 2 aromatic carbocycles. The van der Waals surface area contributed by atoms with Crippen molar-refractivity contribution in [2.75, 3.05) is 44.5 Å². The van der Waals surface area contributed by atoms with Crippen LogP contribution in [0.5, 0.6) is 11.5 Å². The molecule has 3 aromatic rings. The van der Waals surface area contributed by atoms with E-state index in [0.29, 0.717) is 11.7 Å². The number of para-hydroxylation sites is 1. The zero-order valence-electron chi connectivity index (χ0n) is 24.8. The van der Waals surface area contributed by atoms with E-state index in [9.17, 15) is 9.59 Å². The summed E-state index contributed by atoms with van der Waals surface area (Å²) in [5, 5.41) is 4.96. The number of nitrogens with zero attached hydrogens (tertiary/aromatic N) is 4. The van der Waals surface area contributed by atoms with Gasteiger partial charge in [0.05, 0.1) is 36.6 Å². The summed E-state index contributed by atoms with van der Waals surface area (Å²) in [7, 11) is 3.30. The third kappa shape index (κ3) is 5.82. The van der Waals surface area contributed by atoms with Crippen molar-refractivity contribution in [2.45, 2.75) is 51.2 Å². The number of methoxy groups -OCH3 is 2. The number of hydrogen-bond acceptors (Lipinski definition) is 6. The van der Waals surface area contributed by atoms with E-state index in [2.05, 4.69) is 33.8 Å². The molecule has 8 nitrogen and oxygen atoms in total. The maximum atomic E-state index is 14.0. The summed E-state index contributed by atoms with van der Waals surface area (Å²) < 4.78 is 13.0. The van der Waals surface area contributed by atoms with Crippen LogP contribution in [0.3, 0.4) is 0 Å². The van der Waals surface area contributed by atoms with E-state index in [1.165, 1.54) is 0 Å². The smallest absolute Gasteiger partial charge is 0.242 e. The second kappa shape index (κ2) is 11.8. The van der Waals surface area contributed by atoms with E-state index in [0.717, 1.165) is 59.9 Å². The molecule has 0 N–H and O–H groups in total. The first kappa shape index (κ1) is 29.0. The van der Waals surface area contributed by atoms with Crippen LogP contribution < -0.4 is 14.4 Å². The minimum absolute atomic E-state index is 0.0230. The van der Waals surface area contributed by atoms with E-state index in [1.807, 2.05) is 52.0 Å². The highest BCUT2D eigenvalue weighted by Gasteiger charge is 2.41. The monoisotopic (exact) mass is 576 g/mol. The molecule has 2 aliphatic rings. The molecule has 0 aliphatic carbocycles. The number of hydrogen-bond donors (Lipinski definition) is 0. The largest absolute Gasteiger partial charge is 0.497 e. The molecule has 2 amide bonds. The predicted octanol–water partition coefficient (Wildman–Crippen LogP) is 5.61. The summed E-state index contributed by atoms with van der Waals surface area (Å²) in [6, 6.07) is 15.6. The van der Waals surface area contributed by atoms with Crippen LogP contribution in [0, 0.1) is 5.92 Å². The lowest BCUT2D eigenvalue weighted by atomic mass is 9.87. The van der Waals surface area contributed by atoms with Gasteiger partial charge in [0, 0.05) is 29.6 Å². The van der Waals surface area contributed by atoms with Gasteiger partial charge in [0.15, 0.2) is 0 Å². The van der Waals surface area contributed by atoms with Crippen LogP contribution in [0.4, 0.5) is 5.82 Å². The molecule has 1 fully saturated rings. The van der Waals surface area contributed by atoms with Crippen molar-refractivity contribution in [3.8, 4) is 17.2 Å². The Morgan fingerprint density at radius 3 is 2.34 bits per heavy atom. The summed E-state index contributed by atoms with van der Waals surface area (Å²) in [5.74, 6) is 2.83. The molecule has 1 atom stereocenters. The van der Waals surface area contributed by atoms with Crippen molar-refractivity contribution in [1.82, 2.24) is 14.7 Å². The first-order valence-electron chi connectivity index (χ1n) is 14.2. The Labute approximate surface area is 247 Å². The summed E-state index contributed by atoms with van der Waals surface area (Å²) in [6.07, 6.45) is 1.96. The van der Waals surface area contributed by atoms with E-state index in [-0.39, 0.29) is 34.8 Å². The van der Waals surface area contributed by atoms with Gasteiger partial charge in [-0.05, 0) is 49.1 Å². The number of amides is 2. The lowest BCUT2D eigenvalue weighted by molar-refractivity contribution is -0.132. The topological polar surface area (TPSA) is 76.9 Å². The Kier molecular flexibility index (Phi) is 8.36. The number of aromatic nitrogens is 2. The number of carbonyl (C=O) groups excluding carboxylic acids is 2. The maximum Gasteiger partial charge on any atom is 0.242 e. The van der Waals surface area contributed by atoms with Crippen molar-refractivity contribution < 1.29 is 19.1 Å². The fraction of sp³-hybridized carbons (Fsp3) is 0.469. The van der Waals surface area contributed by atoms with Gasteiger partial charge < -0.3 is 14.4 Å². The van der Waals surface area contributed by atoms with Crippen LogP contribution in [0.25, 0.3) is 5.69 Å². The van der Waals surface area contributed by atoms with E-state index < -0.39 is 0 Å². The normalized spacial score (nSPS) is 18.2. The van der Waals surface area contributed by atoms with Crippen molar-refractivity contribution >= 4 is 29.4 Å². The number of rotatable bonds is 6. The minimum atomic E-state index is -0.339. The molecule has 1 aromatic heterocycles. The van der Waals surface area contributed by atoms with Crippen LogP contribution in [0.2, 0.25) is 0 Å². The summed E-state index contributed by atoms with van der Waals surface area (Å²) >= 11 is 1.56. The van der Waals surface area contributed by atoms with Crippen molar-refractivity contribution in [3.63, 3.8) is 0 Å². The number of carbonyl (C=O) groups is 2. The first-order chi connectivity index (χ1) is 19.6. The molecule has 9 heteroatoms. The second-order valence-corrected chi connectivity index (χ2v) is 13.0. The van der Waals surface area contributed by atoms with Gasteiger partial charge in [0.25, 0.3) is 0 Å². The molecule has 1 saturated heterocycles. The van der Waals surface area contributed by atoms with Crippen LogP contribution in [-0.4, -0.2) is 66.1 Å². The van der Waals surface area contributed by atoms with Gasteiger partial charge in [0.1, 0.15) is 23.9 Å². The zero-order chi connectivity index (χ0) is 29.3. The zero-order valence-corrected chi connectivity index (χ0v) is 25.7. The van der Waals surface area contributed by atoms with Crippen LogP contribution >= 0.6 is 11.8 Å². The molecular weight excluding hydrogens is 536 g/mol. The van der Waals surface area contributed by atoms with Crippen LogP contribution in [-0.2, 0) is 15.0 Å². The average molecular weight is 577 g/mol. The fourth-order valence-corrected chi connectivity index (χ4v) is 6.82. The summed E-state index contributed by atoms with van der Waals surface area (Å²) in [4.78, 5) is 31.2. The number of anilines is 1. The third-order valence-corrected chi connectivity index (χ3v) is 9.20. The number of piperidine rings is 1. The molecule has 1 unspecified atom stereocenters. The van der Waals surface area contributed by atoms with Gasteiger partial charge in [-0.2, -0.15) is 5.10 Å². The minimum Gasteiger partial charge on any atom is -0.497 e. The number of thioether (sulfide) groups is 1. The molecule has 3 heterocycles. The quantitative estimate of drug-likeness (QED) is 0.380. The molecular formula is C32H40N4O4S. The molecule has 5 rings (SSSR count). The Morgan fingerprint density at radius 2 is 1.71 bits per heavy atom. The Morgan fingerprint density at radius 1 is 1.02 bits per heavy atom. The number of benzene rings is 2. The SMILES string of the molecule is COc1ccc(-n2nc(C(C)(C)C)c3c2N(CC(=O)N2CCC(C)CC2)C(=O)CSC3c2ccccc2OC)cc1. The van der Waals surface area contributed by atoms with E-state index in [1.54, 1.807) is 30.9 Å². The third-order valence-electron chi connectivity index (χ3n) is 7.97. The van der Waals surface area contributed by atoms with E-state index in [4.69, 9.17) is 14.6 Å². The molecule has 2 aliphatic heterocycles. The number of fused-ring (bicyclic) bond motifs is 1. The second-order valence-electron chi connectivity index (χ2n) is 11.9. The average Bonchev–Trinajstić information content (AvgIpc) is 3.31. The molecule has 0 bridgehead atoms. The maximum absolute atomic E-state index is 14.0. The number of ether oxygens (including phenoxy) is 2. The highest BCUT2D eigenvalue weighted by atomic mass is 32.2. The molecule has 0 saturated carbocycles. The van der Waals surface area contributed by atoms with Crippen LogP contribution in [0.1, 0.15) is 62.6 Å². The Bertz CT molecular complexity index is 1400. The van der Waals surface area contributed by atoms with Crippen LogP contribution in [0.15, 0.2) is 48.5 Å². The lowest BCUT2D eigenvalue weighted by Gasteiger charge is -2.32.